The molecule has 1 aliphatic rings. The molecule has 0 bridgehead atoms. The lowest BCUT2D eigenvalue weighted by Gasteiger charge is -2.26. The molecule has 106 valence electrons. The second kappa shape index (κ2) is 6.38. The molecule has 0 amide bonds. The van der Waals surface area contributed by atoms with Crippen molar-refractivity contribution in [1.29, 1.82) is 0 Å². The fourth-order valence-electron chi connectivity index (χ4n) is 2.76. The van der Waals surface area contributed by atoms with E-state index in [1.165, 1.54) is 6.42 Å². The number of hydrogen-bond acceptors (Lipinski definition) is 3. The molecule has 19 heavy (non-hydrogen) atoms. The zero-order valence-corrected chi connectivity index (χ0v) is 12.6. The fourth-order valence-corrected chi connectivity index (χ4v) is 2.76. The molecule has 0 radical (unpaired) electrons. The standard InChI is InChI=1S/C16H26N2O/c1-11(2)9-16(14-7-8-17-10-14)19-15-6-5-12(3)18-13(15)4/h5-6,11,14,16-17H,7-10H2,1-4H3. The van der Waals surface area contributed by atoms with E-state index in [0.717, 1.165) is 36.6 Å². The largest absolute Gasteiger partial charge is 0.488 e. The molecule has 3 nitrogen and oxygen atoms in total. The molecule has 1 aromatic rings. The highest BCUT2D eigenvalue weighted by Crippen LogP contribution is 2.26. The average Bonchev–Trinajstić information content (AvgIpc) is 2.84. The van der Waals surface area contributed by atoms with Crippen molar-refractivity contribution in [3.63, 3.8) is 0 Å². The monoisotopic (exact) mass is 262 g/mol. The van der Waals surface area contributed by atoms with Crippen LogP contribution >= 0.6 is 0 Å². The van der Waals surface area contributed by atoms with Crippen molar-refractivity contribution < 1.29 is 4.74 Å². The van der Waals surface area contributed by atoms with E-state index in [0.29, 0.717) is 17.9 Å². The summed E-state index contributed by atoms with van der Waals surface area (Å²) in [5, 5.41) is 3.44. The highest BCUT2D eigenvalue weighted by Gasteiger charge is 2.27. The van der Waals surface area contributed by atoms with Crippen molar-refractivity contribution >= 4 is 0 Å². The van der Waals surface area contributed by atoms with Gasteiger partial charge in [-0.1, -0.05) is 13.8 Å². The molecule has 2 unspecified atom stereocenters. The summed E-state index contributed by atoms with van der Waals surface area (Å²) in [6, 6.07) is 4.09. The Bertz CT molecular complexity index is 411. The molecule has 2 atom stereocenters. The Morgan fingerprint density at radius 3 is 2.74 bits per heavy atom. The summed E-state index contributed by atoms with van der Waals surface area (Å²) in [4.78, 5) is 4.49. The Labute approximate surface area is 116 Å². The number of nitrogens with one attached hydrogen (secondary N) is 1. The van der Waals surface area contributed by atoms with Crippen molar-refractivity contribution in [3.05, 3.63) is 23.5 Å². The first-order valence-electron chi connectivity index (χ1n) is 7.38. The second-order valence-corrected chi connectivity index (χ2v) is 6.07. The smallest absolute Gasteiger partial charge is 0.140 e. The third kappa shape index (κ3) is 3.93. The topological polar surface area (TPSA) is 34.1 Å². The third-order valence-electron chi connectivity index (χ3n) is 3.78. The molecule has 3 heteroatoms. The van der Waals surface area contributed by atoms with Gasteiger partial charge in [0.05, 0.1) is 5.69 Å². The maximum absolute atomic E-state index is 6.29. The van der Waals surface area contributed by atoms with E-state index < -0.39 is 0 Å². The normalized spacial score (nSPS) is 20.8. The molecular weight excluding hydrogens is 236 g/mol. The lowest BCUT2D eigenvalue weighted by molar-refractivity contribution is 0.118. The van der Waals surface area contributed by atoms with Gasteiger partial charge in [0.25, 0.3) is 0 Å². The van der Waals surface area contributed by atoms with Gasteiger partial charge in [0.1, 0.15) is 11.9 Å². The van der Waals surface area contributed by atoms with Gasteiger partial charge >= 0.3 is 0 Å². The van der Waals surface area contributed by atoms with Gasteiger partial charge in [-0.3, -0.25) is 4.98 Å². The lowest BCUT2D eigenvalue weighted by atomic mass is 9.93. The van der Waals surface area contributed by atoms with Gasteiger partial charge in [-0.2, -0.15) is 0 Å². The summed E-state index contributed by atoms with van der Waals surface area (Å²) < 4.78 is 6.29. The Balaban J connectivity index is 2.09. The molecule has 0 aromatic carbocycles. The van der Waals surface area contributed by atoms with Crippen LogP contribution in [-0.4, -0.2) is 24.2 Å². The van der Waals surface area contributed by atoms with Crippen LogP contribution in [0.1, 0.15) is 38.1 Å². The molecule has 2 rings (SSSR count). The molecule has 1 saturated heterocycles. The number of aryl methyl sites for hydroxylation is 2. The first kappa shape index (κ1) is 14.3. The van der Waals surface area contributed by atoms with Gasteiger partial charge in [0, 0.05) is 18.2 Å². The van der Waals surface area contributed by atoms with Crippen molar-refractivity contribution in [2.24, 2.45) is 11.8 Å². The summed E-state index contributed by atoms with van der Waals surface area (Å²) in [7, 11) is 0. The van der Waals surface area contributed by atoms with Crippen molar-refractivity contribution in [3.8, 4) is 5.75 Å². The predicted octanol–water partition coefficient (Wildman–Crippen LogP) is 3.10. The van der Waals surface area contributed by atoms with Crippen LogP contribution in [0.4, 0.5) is 0 Å². The minimum atomic E-state index is 0.304. The molecule has 0 spiro atoms. The average molecular weight is 262 g/mol. The van der Waals surface area contributed by atoms with Crippen LogP contribution < -0.4 is 10.1 Å². The Morgan fingerprint density at radius 2 is 2.16 bits per heavy atom. The quantitative estimate of drug-likeness (QED) is 0.885. The first-order valence-corrected chi connectivity index (χ1v) is 7.38. The van der Waals surface area contributed by atoms with E-state index in [2.05, 4.69) is 30.2 Å². The molecule has 1 fully saturated rings. The summed E-state index contributed by atoms with van der Waals surface area (Å²) >= 11 is 0. The third-order valence-corrected chi connectivity index (χ3v) is 3.78. The van der Waals surface area contributed by atoms with Gasteiger partial charge in [-0.15, -0.1) is 0 Å². The van der Waals surface area contributed by atoms with Crippen LogP contribution in [0.15, 0.2) is 12.1 Å². The molecule has 2 heterocycles. The lowest BCUT2D eigenvalue weighted by Crippen LogP contribution is -2.30. The number of ether oxygens (including phenoxy) is 1. The summed E-state index contributed by atoms with van der Waals surface area (Å²) in [5.41, 5.74) is 2.05. The van der Waals surface area contributed by atoms with E-state index >= 15 is 0 Å². The molecule has 0 saturated carbocycles. The summed E-state index contributed by atoms with van der Waals surface area (Å²) in [6.45, 7) is 10.8. The van der Waals surface area contributed by atoms with Gasteiger partial charge < -0.3 is 10.1 Å². The van der Waals surface area contributed by atoms with Crippen molar-refractivity contribution in [2.75, 3.05) is 13.1 Å². The molecule has 1 aliphatic heterocycles. The fraction of sp³-hybridized carbons (Fsp3) is 0.688. The van der Waals surface area contributed by atoms with E-state index in [9.17, 15) is 0 Å². The zero-order valence-electron chi connectivity index (χ0n) is 12.6. The van der Waals surface area contributed by atoms with Gasteiger partial charge in [-0.25, -0.2) is 0 Å². The van der Waals surface area contributed by atoms with Crippen LogP contribution in [0.5, 0.6) is 5.75 Å². The van der Waals surface area contributed by atoms with Gasteiger partial charge in [0.15, 0.2) is 0 Å². The molecule has 0 aliphatic carbocycles. The number of hydrogen-bond donors (Lipinski definition) is 1. The zero-order chi connectivity index (χ0) is 13.8. The van der Waals surface area contributed by atoms with Crippen LogP contribution in [0.3, 0.4) is 0 Å². The molecule has 1 aromatic heterocycles. The van der Waals surface area contributed by atoms with Crippen molar-refractivity contribution in [2.45, 2.75) is 46.6 Å². The molecule has 1 N–H and O–H groups in total. The number of pyridine rings is 1. The Kier molecular flexibility index (Phi) is 4.81. The van der Waals surface area contributed by atoms with Gasteiger partial charge in [-0.05, 0) is 51.3 Å². The predicted molar refractivity (Wildman–Crippen MR) is 78.6 cm³/mol. The maximum atomic E-state index is 6.29. The van der Waals surface area contributed by atoms with E-state index in [1.54, 1.807) is 0 Å². The number of aromatic nitrogens is 1. The second-order valence-electron chi connectivity index (χ2n) is 6.07. The highest BCUT2D eigenvalue weighted by atomic mass is 16.5. The SMILES string of the molecule is Cc1ccc(OC(CC(C)C)C2CCNC2)c(C)n1. The first-order chi connectivity index (χ1) is 9.06. The van der Waals surface area contributed by atoms with Crippen LogP contribution in [-0.2, 0) is 0 Å². The van der Waals surface area contributed by atoms with Crippen LogP contribution in [0.2, 0.25) is 0 Å². The Hall–Kier alpha value is -1.09. The minimum Gasteiger partial charge on any atom is -0.488 e. The van der Waals surface area contributed by atoms with E-state index in [1.807, 2.05) is 19.9 Å². The Morgan fingerprint density at radius 1 is 1.37 bits per heavy atom. The van der Waals surface area contributed by atoms with E-state index in [4.69, 9.17) is 4.74 Å². The minimum absolute atomic E-state index is 0.304. The van der Waals surface area contributed by atoms with Gasteiger partial charge in [0.2, 0.25) is 0 Å². The number of rotatable bonds is 5. The highest BCUT2D eigenvalue weighted by molar-refractivity contribution is 5.28. The number of nitrogens with zero attached hydrogens (tertiary/aromatic N) is 1. The van der Waals surface area contributed by atoms with Crippen LogP contribution in [0.25, 0.3) is 0 Å². The summed E-state index contributed by atoms with van der Waals surface area (Å²) in [6.07, 6.45) is 2.63. The molecular formula is C16H26N2O. The van der Waals surface area contributed by atoms with Crippen molar-refractivity contribution in [1.82, 2.24) is 10.3 Å². The maximum Gasteiger partial charge on any atom is 0.140 e. The van der Waals surface area contributed by atoms with E-state index in [-0.39, 0.29) is 0 Å². The summed E-state index contributed by atoms with van der Waals surface area (Å²) in [5.74, 6) is 2.23. The van der Waals surface area contributed by atoms with Crippen LogP contribution in [0, 0.1) is 25.7 Å².